The zero-order valence-electron chi connectivity index (χ0n) is 22.4. The molecular formula is C28H37N5O5S. The Morgan fingerprint density at radius 1 is 0.974 bits per heavy atom. The summed E-state index contributed by atoms with van der Waals surface area (Å²) < 4.78 is 28.9. The van der Waals surface area contributed by atoms with Crippen LogP contribution in [0, 0.1) is 5.92 Å². The number of hydrogen-bond donors (Lipinski definition) is 1. The summed E-state index contributed by atoms with van der Waals surface area (Å²) >= 11 is 0. The fraction of sp³-hybridized carbons (Fsp3) is 0.536. The SMILES string of the molecule is CS(=O)(=O)c1ccc(-c2cc(C(=O)N3CCC(N4CCCC(C(=O)N5CCOCC5)C4)CC3)c(N)cn2)cc1. The topological polar surface area (TPSA) is 126 Å². The number of aromatic nitrogens is 1. The molecule has 11 heteroatoms. The van der Waals surface area contributed by atoms with E-state index in [0.717, 1.165) is 45.0 Å². The van der Waals surface area contributed by atoms with Gasteiger partial charge in [0.05, 0.1) is 47.2 Å². The van der Waals surface area contributed by atoms with Crippen LogP contribution in [-0.4, -0.2) is 105 Å². The van der Waals surface area contributed by atoms with Crippen molar-refractivity contribution in [1.82, 2.24) is 19.7 Å². The third-order valence-electron chi connectivity index (χ3n) is 8.14. The summed E-state index contributed by atoms with van der Waals surface area (Å²) in [5.74, 6) is 0.171. The van der Waals surface area contributed by atoms with Gasteiger partial charge in [-0.25, -0.2) is 8.42 Å². The summed E-state index contributed by atoms with van der Waals surface area (Å²) in [7, 11) is -3.30. The van der Waals surface area contributed by atoms with Crippen LogP contribution < -0.4 is 5.73 Å². The van der Waals surface area contributed by atoms with Crippen molar-refractivity contribution in [3.8, 4) is 11.3 Å². The second-order valence-corrected chi connectivity index (χ2v) is 12.8. The standard InChI is InChI=1S/C28H37N5O5S/c1-39(36,37)23-6-4-20(5-7-23)26-17-24(25(29)18-30-26)28(35)31-11-8-22(9-12-31)33-10-2-3-21(19-33)27(34)32-13-15-38-16-14-32/h4-7,17-18,21-22H,2-3,8-16,19,29H2,1H3. The summed E-state index contributed by atoms with van der Waals surface area (Å²) in [5, 5.41) is 0. The van der Waals surface area contributed by atoms with Gasteiger partial charge in [-0.3, -0.25) is 19.5 Å². The number of piperidine rings is 2. The number of carbonyl (C=O) groups excluding carboxylic acids is 2. The maximum Gasteiger partial charge on any atom is 0.256 e. The molecule has 0 aliphatic carbocycles. The minimum absolute atomic E-state index is 0.0399. The monoisotopic (exact) mass is 555 g/mol. The molecule has 1 unspecified atom stereocenters. The largest absolute Gasteiger partial charge is 0.397 e. The van der Waals surface area contributed by atoms with Crippen LogP contribution in [0.2, 0.25) is 0 Å². The summed E-state index contributed by atoms with van der Waals surface area (Å²) in [6, 6.07) is 8.48. The minimum Gasteiger partial charge on any atom is -0.397 e. The first-order valence-corrected chi connectivity index (χ1v) is 15.6. The van der Waals surface area contributed by atoms with Gasteiger partial charge in [0, 0.05) is 50.6 Å². The predicted octanol–water partition coefficient (Wildman–Crippen LogP) is 1.91. The molecule has 0 radical (unpaired) electrons. The van der Waals surface area contributed by atoms with Crippen LogP contribution in [0.4, 0.5) is 5.69 Å². The average Bonchev–Trinajstić information content (AvgIpc) is 2.97. The molecule has 210 valence electrons. The third-order valence-corrected chi connectivity index (χ3v) is 9.26. The Labute approximate surface area is 230 Å². The Hall–Kier alpha value is -3.02. The van der Waals surface area contributed by atoms with Gasteiger partial charge in [0.2, 0.25) is 5.91 Å². The number of sulfone groups is 1. The van der Waals surface area contributed by atoms with Crippen LogP contribution in [0.3, 0.4) is 0 Å². The van der Waals surface area contributed by atoms with E-state index < -0.39 is 9.84 Å². The Bertz CT molecular complexity index is 1300. The van der Waals surface area contributed by atoms with Crippen molar-refractivity contribution in [1.29, 1.82) is 0 Å². The van der Waals surface area contributed by atoms with Crippen molar-refractivity contribution in [2.24, 2.45) is 5.92 Å². The maximum atomic E-state index is 13.5. The Balaban J connectivity index is 1.20. The number of carbonyl (C=O) groups is 2. The van der Waals surface area contributed by atoms with E-state index >= 15 is 0 Å². The van der Waals surface area contributed by atoms with Crippen LogP contribution in [0.5, 0.6) is 0 Å². The van der Waals surface area contributed by atoms with E-state index in [-0.39, 0.29) is 22.6 Å². The van der Waals surface area contributed by atoms with E-state index in [1.165, 1.54) is 18.3 Å². The second kappa shape index (κ2) is 11.6. The van der Waals surface area contributed by atoms with E-state index in [0.29, 0.717) is 67.9 Å². The van der Waals surface area contributed by atoms with Crippen molar-refractivity contribution in [2.45, 2.75) is 36.6 Å². The van der Waals surface area contributed by atoms with Crippen molar-refractivity contribution in [3.63, 3.8) is 0 Å². The number of hydrogen-bond acceptors (Lipinski definition) is 8. The number of pyridine rings is 1. The van der Waals surface area contributed by atoms with E-state index in [2.05, 4.69) is 9.88 Å². The summed E-state index contributed by atoms with van der Waals surface area (Å²) in [5.41, 5.74) is 8.16. The van der Waals surface area contributed by atoms with Gasteiger partial charge in [-0.05, 0) is 50.4 Å². The molecule has 10 nitrogen and oxygen atoms in total. The molecule has 1 aromatic heterocycles. The number of amides is 2. The van der Waals surface area contributed by atoms with Crippen molar-refractivity contribution in [2.75, 3.05) is 64.5 Å². The average molecular weight is 556 g/mol. The number of rotatable bonds is 5. The number of morpholine rings is 1. The van der Waals surface area contributed by atoms with Crippen LogP contribution in [0.1, 0.15) is 36.0 Å². The molecule has 0 bridgehead atoms. The van der Waals surface area contributed by atoms with Gasteiger partial charge in [0.25, 0.3) is 5.91 Å². The van der Waals surface area contributed by atoms with Gasteiger partial charge < -0.3 is 20.3 Å². The van der Waals surface area contributed by atoms with Gasteiger partial charge in [0.15, 0.2) is 9.84 Å². The van der Waals surface area contributed by atoms with Crippen LogP contribution >= 0.6 is 0 Å². The fourth-order valence-corrected chi connectivity index (χ4v) is 6.50. The lowest BCUT2D eigenvalue weighted by atomic mass is 9.92. The number of nitrogen functional groups attached to an aromatic ring is 1. The summed E-state index contributed by atoms with van der Waals surface area (Å²) in [6.45, 7) is 5.63. The fourth-order valence-electron chi connectivity index (χ4n) is 5.87. The summed E-state index contributed by atoms with van der Waals surface area (Å²) in [6.07, 6.45) is 6.31. The van der Waals surface area contributed by atoms with Gasteiger partial charge in [-0.15, -0.1) is 0 Å². The lowest BCUT2D eigenvalue weighted by molar-refractivity contribution is -0.141. The predicted molar refractivity (Wildman–Crippen MR) is 148 cm³/mol. The number of benzene rings is 1. The molecule has 2 N–H and O–H groups in total. The van der Waals surface area contributed by atoms with Crippen molar-refractivity contribution < 1.29 is 22.7 Å². The molecule has 1 atom stereocenters. The van der Waals surface area contributed by atoms with Gasteiger partial charge >= 0.3 is 0 Å². The molecule has 0 saturated carbocycles. The molecule has 5 rings (SSSR count). The number of nitrogens with zero attached hydrogens (tertiary/aromatic N) is 4. The van der Waals surface area contributed by atoms with E-state index in [1.807, 2.05) is 9.80 Å². The molecule has 2 aromatic rings. The molecule has 3 aliphatic heterocycles. The second-order valence-electron chi connectivity index (χ2n) is 10.7. The lowest BCUT2D eigenvalue weighted by Crippen LogP contribution is -2.53. The van der Waals surface area contributed by atoms with Crippen molar-refractivity contribution >= 4 is 27.3 Å². The first kappa shape index (κ1) is 27.5. The van der Waals surface area contributed by atoms with Crippen LogP contribution in [0.15, 0.2) is 41.4 Å². The van der Waals surface area contributed by atoms with E-state index in [1.54, 1.807) is 18.2 Å². The third kappa shape index (κ3) is 6.26. The molecular weight excluding hydrogens is 518 g/mol. The smallest absolute Gasteiger partial charge is 0.256 e. The number of likely N-dealkylation sites (tertiary alicyclic amines) is 2. The number of nitrogens with two attached hydrogens (primary N) is 1. The summed E-state index contributed by atoms with van der Waals surface area (Å²) in [4.78, 5) is 37.3. The highest BCUT2D eigenvalue weighted by atomic mass is 32.2. The number of ether oxygens (including phenoxy) is 1. The normalized spacial score (nSPS) is 21.6. The first-order chi connectivity index (χ1) is 18.7. The lowest BCUT2D eigenvalue weighted by Gasteiger charge is -2.43. The molecule has 39 heavy (non-hydrogen) atoms. The molecule has 0 spiro atoms. The van der Waals surface area contributed by atoms with Gasteiger partial charge in [-0.2, -0.15) is 0 Å². The zero-order valence-corrected chi connectivity index (χ0v) is 23.2. The van der Waals surface area contributed by atoms with Gasteiger partial charge in [0.1, 0.15) is 0 Å². The van der Waals surface area contributed by atoms with Gasteiger partial charge in [-0.1, -0.05) is 12.1 Å². The van der Waals surface area contributed by atoms with Crippen LogP contribution in [0.25, 0.3) is 11.3 Å². The first-order valence-electron chi connectivity index (χ1n) is 13.7. The molecule has 3 fully saturated rings. The van der Waals surface area contributed by atoms with E-state index in [9.17, 15) is 18.0 Å². The highest BCUT2D eigenvalue weighted by Gasteiger charge is 2.35. The Kier molecular flexibility index (Phi) is 8.20. The molecule has 3 aliphatic rings. The zero-order chi connectivity index (χ0) is 27.6. The highest BCUT2D eigenvalue weighted by Crippen LogP contribution is 2.28. The van der Waals surface area contributed by atoms with Crippen molar-refractivity contribution in [3.05, 3.63) is 42.1 Å². The number of anilines is 1. The quantitative estimate of drug-likeness (QED) is 0.593. The molecule has 2 amide bonds. The molecule has 3 saturated heterocycles. The minimum atomic E-state index is -3.30. The molecule has 1 aromatic carbocycles. The molecule has 4 heterocycles. The maximum absolute atomic E-state index is 13.5. The Morgan fingerprint density at radius 2 is 1.67 bits per heavy atom. The van der Waals surface area contributed by atoms with E-state index in [4.69, 9.17) is 10.5 Å². The Morgan fingerprint density at radius 3 is 2.33 bits per heavy atom. The van der Waals surface area contributed by atoms with Crippen LogP contribution in [-0.2, 0) is 19.4 Å². The highest BCUT2D eigenvalue weighted by molar-refractivity contribution is 7.90.